The fourth-order valence-corrected chi connectivity index (χ4v) is 6.69. The number of rotatable bonds is 41. The van der Waals surface area contributed by atoms with Gasteiger partial charge < -0.3 is 27.9 Å². The molecule has 0 N–H and O–H groups in total. The number of esters is 2. The number of allylic oxidation sites excluding steroid dienone is 10. The van der Waals surface area contributed by atoms with Gasteiger partial charge in [0.2, 0.25) is 0 Å². The van der Waals surface area contributed by atoms with Crippen molar-refractivity contribution in [2.24, 2.45) is 0 Å². The minimum absolute atomic E-state index is 0.0423. The molecule has 0 aliphatic heterocycles. The summed E-state index contributed by atoms with van der Waals surface area (Å²) in [6.07, 6.45) is 48.4. The Morgan fingerprint density at radius 2 is 1.02 bits per heavy atom. The maximum absolute atomic E-state index is 12.6. The average Bonchev–Trinajstić information content (AvgIpc) is 3.17. The molecule has 2 unspecified atom stereocenters. The number of ether oxygens (including phenoxy) is 2. The Labute approximate surface area is 356 Å². The number of hydrogen-bond donors (Lipinski definition) is 0. The highest BCUT2D eigenvalue weighted by atomic mass is 31.2. The molecule has 2 atom stereocenters. The average molecular weight is 836 g/mol. The van der Waals surface area contributed by atoms with Crippen LogP contribution in [-0.2, 0) is 32.7 Å². The van der Waals surface area contributed by atoms with Crippen molar-refractivity contribution < 1.29 is 42.1 Å². The summed E-state index contributed by atoms with van der Waals surface area (Å²) in [7, 11) is 1.13. The van der Waals surface area contributed by atoms with Gasteiger partial charge in [-0.3, -0.25) is 14.2 Å². The third kappa shape index (κ3) is 43.3. The van der Waals surface area contributed by atoms with Crippen molar-refractivity contribution in [2.75, 3.05) is 47.5 Å². The quantitative estimate of drug-likeness (QED) is 0.0197. The normalized spacial score (nSPS) is 14.1. The van der Waals surface area contributed by atoms with Crippen molar-refractivity contribution in [2.45, 2.75) is 187 Å². The van der Waals surface area contributed by atoms with Crippen LogP contribution in [0.1, 0.15) is 181 Å². The molecule has 0 radical (unpaired) electrons. The monoisotopic (exact) mass is 836 g/mol. The molecule has 0 heterocycles. The van der Waals surface area contributed by atoms with Crippen molar-refractivity contribution in [3.63, 3.8) is 0 Å². The van der Waals surface area contributed by atoms with E-state index < -0.39 is 32.5 Å². The predicted octanol–water partition coefficient (Wildman–Crippen LogP) is 12.6. The number of carbonyl (C=O) groups excluding carboxylic acids is 2. The van der Waals surface area contributed by atoms with E-state index in [1.165, 1.54) is 89.9 Å². The number of quaternary nitrogens is 1. The van der Waals surface area contributed by atoms with Gasteiger partial charge in [0.25, 0.3) is 7.82 Å². The molecule has 58 heavy (non-hydrogen) atoms. The third-order valence-electron chi connectivity index (χ3n) is 9.54. The molecular formula is C48H86NO8P. The van der Waals surface area contributed by atoms with E-state index in [0.29, 0.717) is 17.4 Å². The summed E-state index contributed by atoms with van der Waals surface area (Å²) in [5.41, 5.74) is 0. The molecule has 0 aromatic rings. The SMILES string of the molecule is CC/C=C/C/C=C/C/C=C/CCCCCCCCCCCCCC(=O)OCC(COP(=O)([O-])OCC[N+](C)(C)C)OC(=O)CC/C=C/C/C=C/CCCCCCCC. The van der Waals surface area contributed by atoms with Gasteiger partial charge in [-0.05, 0) is 64.2 Å². The third-order valence-corrected chi connectivity index (χ3v) is 10.5. The van der Waals surface area contributed by atoms with Crippen LogP contribution in [0.25, 0.3) is 0 Å². The maximum atomic E-state index is 12.6. The summed E-state index contributed by atoms with van der Waals surface area (Å²) >= 11 is 0. The van der Waals surface area contributed by atoms with Crippen LogP contribution >= 0.6 is 7.82 Å². The van der Waals surface area contributed by atoms with E-state index in [4.69, 9.17) is 18.5 Å². The first-order valence-electron chi connectivity index (χ1n) is 23.0. The number of phosphoric acid groups is 1. The molecule has 0 bridgehead atoms. The lowest BCUT2D eigenvalue weighted by molar-refractivity contribution is -0.870. The molecule has 0 aromatic heterocycles. The van der Waals surface area contributed by atoms with E-state index in [2.05, 4.69) is 62.5 Å². The van der Waals surface area contributed by atoms with Crippen LogP contribution in [0, 0.1) is 0 Å². The van der Waals surface area contributed by atoms with Crippen molar-refractivity contribution >= 4 is 19.8 Å². The van der Waals surface area contributed by atoms with Crippen molar-refractivity contribution in [3.05, 3.63) is 60.8 Å². The number of carbonyl (C=O) groups is 2. The van der Waals surface area contributed by atoms with E-state index in [0.717, 1.165) is 57.8 Å². The second-order valence-corrected chi connectivity index (χ2v) is 17.8. The van der Waals surface area contributed by atoms with E-state index >= 15 is 0 Å². The summed E-state index contributed by atoms with van der Waals surface area (Å²) < 4.78 is 33.8. The molecule has 0 spiro atoms. The predicted molar refractivity (Wildman–Crippen MR) is 240 cm³/mol. The van der Waals surface area contributed by atoms with Gasteiger partial charge in [0, 0.05) is 12.8 Å². The number of phosphoric ester groups is 1. The largest absolute Gasteiger partial charge is 0.756 e. The summed E-state index contributed by atoms with van der Waals surface area (Å²) in [5.74, 6) is -0.918. The Kier molecular flexibility index (Phi) is 38.5. The molecule has 0 aliphatic rings. The van der Waals surface area contributed by atoms with E-state index in [9.17, 15) is 19.0 Å². The van der Waals surface area contributed by atoms with Crippen LogP contribution in [-0.4, -0.2) is 70.0 Å². The number of hydrogen-bond acceptors (Lipinski definition) is 8. The second-order valence-electron chi connectivity index (χ2n) is 16.4. The van der Waals surface area contributed by atoms with Crippen LogP contribution in [0.5, 0.6) is 0 Å². The Bertz CT molecular complexity index is 1170. The Hall–Kier alpha value is -2.29. The second kappa shape index (κ2) is 40.1. The van der Waals surface area contributed by atoms with Crippen LogP contribution in [0.4, 0.5) is 0 Å². The number of nitrogens with zero attached hydrogens (tertiary/aromatic N) is 1. The molecule has 10 heteroatoms. The fraction of sp³-hybridized carbons (Fsp3) is 0.750. The molecule has 0 amide bonds. The smallest absolute Gasteiger partial charge is 0.306 e. The molecule has 0 rings (SSSR count). The minimum atomic E-state index is -4.64. The van der Waals surface area contributed by atoms with Gasteiger partial charge in [-0.2, -0.15) is 0 Å². The lowest BCUT2D eigenvalue weighted by Gasteiger charge is -2.28. The fourth-order valence-electron chi connectivity index (χ4n) is 5.96. The Morgan fingerprint density at radius 3 is 1.53 bits per heavy atom. The van der Waals surface area contributed by atoms with E-state index in [-0.39, 0.29) is 26.1 Å². The zero-order valence-corrected chi connectivity index (χ0v) is 38.6. The molecule has 9 nitrogen and oxygen atoms in total. The maximum Gasteiger partial charge on any atom is 0.306 e. The van der Waals surface area contributed by atoms with Crippen molar-refractivity contribution in [1.29, 1.82) is 0 Å². The highest BCUT2D eigenvalue weighted by molar-refractivity contribution is 7.45. The Balaban J connectivity index is 4.32. The van der Waals surface area contributed by atoms with Gasteiger partial charge in [0.05, 0.1) is 27.7 Å². The van der Waals surface area contributed by atoms with E-state index in [1.54, 1.807) is 0 Å². The summed E-state index contributed by atoms with van der Waals surface area (Å²) in [6, 6.07) is 0. The van der Waals surface area contributed by atoms with Crippen LogP contribution in [0.15, 0.2) is 60.8 Å². The molecule has 0 fully saturated rings. The number of unbranched alkanes of at least 4 members (excludes halogenated alkanes) is 17. The standard InChI is InChI=1S/C48H86NO8P/c1-6-8-10-12-14-16-18-20-21-22-23-24-25-26-27-29-30-32-34-36-38-40-47(50)54-44-46(45-56-58(52,53)55-43-42-49(3,4)5)57-48(51)41-39-37-35-33-31-28-19-17-15-13-11-9-7-2/h8,10,14,16,20-21,28,31,35,37,46H,6-7,9,11-13,15,17-19,22-27,29-30,32-34,36,38-45H2,1-5H3/b10-8+,16-14+,21-20+,31-28+,37-35+. The van der Waals surface area contributed by atoms with Gasteiger partial charge >= 0.3 is 11.9 Å². The van der Waals surface area contributed by atoms with Gasteiger partial charge in [-0.1, -0.05) is 164 Å². The minimum Gasteiger partial charge on any atom is -0.756 e. The first-order valence-corrected chi connectivity index (χ1v) is 24.5. The lowest BCUT2D eigenvalue weighted by Crippen LogP contribution is -2.37. The molecule has 0 saturated carbocycles. The lowest BCUT2D eigenvalue weighted by atomic mass is 10.0. The summed E-state index contributed by atoms with van der Waals surface area (Å²) in [4.78, 5) is 37.5. The molecular weight excluding hydrogens is 750 g/mol. The van der Waals surface area contributed by atoms with Gasteiger partial charge in [-0.25, -0.2) is 0 Å². The summed E-state index contributed by atoms with van der Waals surface area (Å²) in [5, 5.41) is 0. The van der Waals surface area contributed by atoms with Crippen LogP contribution in [0.2, 0.25) is 0 Å². The van der Waals surface area contributed by atoms with Gasteiger partial charge in [0.1, 0.15) is 19.8 Å². The highest BCUT2D eigenvalue weighted by Crippen LogP contribution is 2.38. The van der Waals surface area contributed by atoms with Crippen LogP contribution < -0.4 is 4.89 Å². The molecule has 0 aromatic carbocycles. The Morgan fingerprint density at radius 1 is 0.552 bits per heavy atom. The first-order chi connectivity index (χ1) is 28.0. The zero-order chi connectivity index (χ0) is 42.8. The highest BCUT2D eigenvalue weighted by Gasteiger charge is 2.21. The molecule has 0 aliphatic carbocycles. The van der Waals surface area contributed by atoms with E-state index in [1.807, 2.05) is 33.3 Å². The summed E-state index contributed by atoms with van der Waals surface area (Å²) in [6.45, 7) is 4.03. The molecule has 0 saturated heterocycles. The number of likely N-dealkylation sites (N-methyl/N-ethyl adjacent to an activating group) is 1. The first kappa shape index (κ1) is 55.7. The topological polar surface area (TPSA) is 111 Å². The van der Waals surface area contributed by atoms with Crippen molar-refractivity contribution in [3.8, 4) is 0 Å². The molecule has 336 valence electrons. The zero-order valence-electron chi connectivity index (χ0n) is 37.7. The van der Waals surface area contributed by atoms with Crippen molar-refractivity contribution in [1.82, 2.24) is 0 Å². The van der Waals surface area contributed by atoms with Gasteiger partial charge in [-0.15, -0.1) is 0 Å². The van der Waals surface area contributed by atoms with Crippen LogP contribution in [0.3, 0.4) is 0 Å². The van der Waals surface area contributed by atoms with Gasteiger partial charge in [0.15, 0.2) is 6.10 Å².